The maximum Gasteiger partial charge on any atom is 0.212 e. The molecule has 2 heterocycles. The molecule has 1 fully saturated rings. The standard InChI is InChI=1S/C15H14N4S/c1-2-11(3-1)12-4-6-13(7-5-12)14-8-20-15(18-14)19-10-16-9-17-19/h4-11H,1-3H2. The van der Waals surface area contributed by atoms with E-state index in [1.807, 2.05) is 0 Å². The van der Waals surface area contributed by atoms with Gasteiger partial charge in [-0.3, -0.25) is 0 Å². The molecule has 0 amide bonds. The molecule has 4 rings (SSSR count). The van der Waals surface area contributed by atoms with E-state index >= 15 is 0 Å². The van der Waals surface area contributed by atoms with Gasteiger partial charge in [0, 0.05) is 10.9 Å². The molecule has 1 saturated carbocycles. The van der Waals surface area contributed by atoms with Crippen LogP contribution < -0.4 is 0 Å². The molecule has 20 heavy (non-hydrogen) atoms. The molecular weight excluding hydrogens is 268 g/mol. The quantitative estimate of drug-likeness (QED) is 0.736. The molecule has 100 valence electrons. The van der Waals surface area contributed by atoms with Crippen molar-refractivity contribution in [3.05, 3.63) is 47.9 Å². The van der Waals surface area contributed by atoms with E-state index in [1.165, 1.54) is 31.2 Å². The van der Waals surface area contributed by atoms with Crippen molar-refractivity contribution >= 4 is 11.3 Å². The van der Waals surface area contributed by atoms with Gasteiger partial charge in [-0.1, -0.05) is 30.7 Å². The summed E-state index contributed by atoms with van der Waals surface area (Å²) in [5.41, 5.74) is 3.63. The smallest absolute Gasteiger partial charge is 0.212 e. The highest BCUT2D eigenvalue weighted by Crippen LogP contribution is 2.37. The Morgan fingerprint density at radius 1 is 1.15 bits per heavy atom. The van der Waals surface area contributed by atoms with Crippen LogP contribution >= 0.6 is 11.3 Å². The number of aromatic nitrogens is 4. The van der Waals surface area contributed by atoms with E-state index in [2.05, 4.69) is 44.7 Å². The summed E-state index contributed by atoms with van der Waals surface area (Å²) in [4.78, 5) is 8.56. The fourth-order valence-corrected chi connectivity index (χ4v) is 3.24. The molecule has 0 bridgehead atoms. The van der Waals surface area contributed by atoms with Gasteiger partial charge in [0.25, 0.3) is 0 Å². The van der Waals surface area contributed by atoms with Gasteiger partial charge >= 0.3 is 0 Å². The minimum absolute atomic E-state index is 0.783. The van der Waals surface area contributed by atoms with E-state index < -0.39 is 0 Å². The van der Waals surface area contributed by atoms with Crippen molar-refractivity contribution in [1.29, 1.82) is 0 Å². The Morgan fingerprint density at radius 2 is 2.00 bits per heavy atom. The van der Waals surface area contributed by atoms with Crippen LogP contribution in [-0.2, 0) is 0 Å². The van der Waals surface area contributed by atoms with E-state index in [0.717, 1.165) is 22.3 Å². The Morgan fingerprint density at radius 3 is 2.65 bits per heavy atom. The van der Waals surface area contributed by atoms with Gasteiger partial charge < -0.3 is 0 Å². The summed E-state index contributed by atoms with van der Waals surface area (Å²) in [5.74, 6) is 0.783. The summed E-state index contributed by atoms with van der Waals surface area (Å²) in [7, 11) is 0. The van der Waals surface area contributed by atoms with Crippen molar-refractivity contribution in [3.63, 3.8) is 0 Å². The first-order chi connectivity index (χ1) is 9.90. The fraction of sp³-hybridized carbons (Fsp3) is 0.267. The number of thiazole rings is 1. The van der Waals surface area contributed by atoms with Crippen LogP contribution in [0.25, 0.3) is 16.4 Å². The van der Waals surface area contributed by atoms with Gasteiger partial charge in [-0.25, -0.2) is 9.97 Å². The Kier molecular flexibility index (Phi) is 2.85. The zero-order chi connectivity index (χ0) is 13.4. The molecule has 0 unspecified atom stereocenters. The number of rotatable bonds is 3. The minimum Gasteiger partial charge on any atom is -0.223 e. The fourth-order valence-electron chi connectivity index (χ4n) is 2.48. The summed E-state index contributed by atoms with van der Waals surface area (Å²) in [6, 6.07) is 8.84. The molecule has 1 aromatic carbocycles. The maximum atomic E-state index is 4.61. The second-order valence-electron chi connectivity index (χ2n) is 5.11. The molecule has 0 spiro atoms. The summed E-state index contributed by atoms with van der Waals surface area (Å²) >= 11 is 1.58. The van der Waals surface area contributed by atoms with Crippen molar-refractivity contribution in [2.45, 2.75) is 25.2 Å². The van der Waals surface area contributed by atoms with E-state index in [1.54, 1.807) is 22.3 Å². The minimum atomic E-state index is 0.783. The van der Waals surface area contributed by atoms with E-state index in [-0.39, 0.29) is 0 Å². The summed E-state index contributed by atoms with van der Waals surface area (Å²) in [6.07, 6.45) is 7.25. The van der Waals surface area contributed by atoms with Crippen LogP contribution in [0.5, 0.6) is 0 Å². The predicted octanol–water partition coefficient (Wildman–Crippen LogP) is 3.66. The highest BCUT2D eigenvalue weighted by molar-refractivity contribution is 7.12. The first-order valence-electron chi connectivity index (χ1n) is 6.81. The Balaban J connectivity index is 1.60. The Hall–Kier alpha value is -2.01. The van der Waals surface area contributed by atoms with Crippen LogP contribution in [0.4, 0.5) is 0 Å². The van der Waals surface area contributed by atoms with Gasteiger partial charge in [0.05, 0.1) is 5.69 Å². The lowest BCUT2D eigenvalue weighted by molar-refractivity contribution is 0.420. The molecule has 4 nitrogen and oxygen atoms in total. The molecular formula is C15H14N4S. The molecule has 0 atom stereocenters. The summed E-state index contributed by atoms with van der Waals surface area (Å²) < 4.78 is 1.69. The first kappa shape index (κ1) is 11.8. The first-order valence-corrected chi connectivity index (χ1v) is 7.69. The maximum absolute atomic E-state index is 4.61. The molecule has 0 radical (unpaired) electrons. The Bertz CT molecular complexity index is 696. The second kappa shape index (κ2) is 4.83. The van der Waals surface area contributed by atoms with Crippen LogP contribution in [0.1, 0.15) is 30.7 Å². The van der Waals surface area contributed by atoms with Crippen LogP contribution in [-0.4, -0.2) is 19.7 Å². The molecule has 5 heteroatoms. The van der Waals surface area contributed by atoms with Gasteiger partial charge in [0.1, 0.15) is 12.7 Å². The van der Waals surface area contributed by atoms with Crippen LogP contribution in [0, 0.1) is 0 Å². The van der Waals surface area contributed by atoms with E-state index in [9.17, 15) is 0 Å². The van der Waals surface area contributed by atoms with Gasteiger partial charge in [0.15, 0.2) is 0 Å². The monoisotopic (exact) mass is 282 g/mol. The van der Waals surface area contributed by atoms with E-state index in [0.29, 0.717) is 0 Å². The average Bonchev–Trinajstić information content (AvgIpc) is 3.09. The molecule has 1 aliphatic carbocycles. The van der Waals surface area contributed by atoms with Gasteiger partial charge in [-0.15, -0.1) is 11.3 Å². The third kappa shape index (κ3) is 2.04. The summed E-state index contributed by atoms with van der Waals surface area (Å²) in [5, 5.41) is 7.02. The van der Waals surface area contributed by atoms with Crippen LogP contribution in [0.3, 0.4) is 0 Å². The van der Waals surface area contributed by atoms with Crippen molar-refractivity contribution < 1.29 is 0 Å². The molecule has 1 aliphatic rings. The zero-order valence-electron chi connectivity index (χ0n) is 10.9. The molecule has 0 N–H and O–H groups in total. The van der Waals surface area contributed by atoms with E-state index in [4.69, 9.17) is 0 Å². The number of nitrogens with zero attached hydrogens (tertiary/aromatic N) is 4. The van der Waals surface area contributed by atoms with Crippen LogP contribution in [0.2, 0.25) is 0 Å². The largest absolute Gasteiger partial charge is 0.223 e. The zero-order valence-corrected chi connectivity index (χ0v) is 11.8. The SMILES string of the molecule is c1ncn(-c2nc(-c3ccc(C4CCC4)cc3)cs2)n1. The number of hydrogen-bond acceptors (Lipinski definition) is 4. The molecule has 2 aromatic heterocycles. The summed E-state index contributed by atoms with van der Waals surface area (Å²) in [6.45, 7) is 0. The second-order valence-corrected chi connectivity index (χ2v) is 5.94. The van der Waals surface area contributed by atoms with Crippen molar-refractivity contribution in [1.82, 2.24) is 19.7 Å². The normalized spacial score (nSPS) is 15.2. The lowest BCUT2D eigenvalue weighted by Crippen LogP contribution is -2.08. The molecule has 0 aliphatic heterocycles. The highest BCUT2D eigenvalue weighted by Gasteiger charge is 2.19. The number of hydrogen-bond donors (Lipinski definition) is 0. The van der Waals surface area contributed by atoms with Crippen LogP contribution in [0.15, 0.2) is 42.3 Å². The third-order valence-electron chi connectivity index (χ3n) is 3.89. The average molecular weight is 282 g/mol. The van der Waals surface area contributed by atoms with Crippen molar-refractivity contribution in [3.8, 4) is 16.4 Å². The van der Waals surface area contributed by atoms with Gasteiger partial charge in [-0.05, 0) is 24.3 Å². The topological polar surface area (TPSA) is 43.6 Å². The van der Waals surface area contributed by atoms with Gasteiger partial charge in [-0.2, -0.15) is 9.78 Å². The lowest BCUT2D eigenvalue weighted by atomic mass is 9.80. The molecule has 0 saturated heterocycles. The third-order valence-corrected chi connectivity index (χ3v) is 4.72. The van der Waals surface area contributed by atoms with Crippen molar-refractivity contribution in [2.24, 2.45) is 0 Å². The lowest BCUT2D eigenvalue weighted by Gasteiger charge is -2.25. The highest BCUT2D eigenvalue weighted by atomic mass is 32.1. The predicted molar refractivity (Wildman–Crippen MR) is 79.1 cm³/mol. The number of benzene rings is 1. The molecule has 3 aromatic rings. The Labute approximate surface area is 121 Å². The van der Waals surface area contributed by atoms with Crippen molar-refractivity contribution in [2.75, 3.05) is 0 Å². The van der Waals surface area contributed by atoms with Gasteiger partial charge in [0.2, 0.25) is 5.13 Å².